The molecular formula is C86H22N3OS+. The van der Waals surface area contributed by atoms with Crippen molar-refractivity contribution in [1.82, 2.24) is 9.13 Å². The number of thiazole rings is 1. The number of nitrogens with zero attached hydrogens (tertiary/aromatic N) is 3. The molecule has 36 rings (SSSR count). The lowest BCUT2D eigenvalue weighted by molar-refractivity contribution is -0.642. The lowest BCUT2D eigenvalue weighted by Crippen LogP contribution is -2.28. The molecule has 3 heterocycles. The standard InChI is InChI=1S/C86H22N3OS/c1-87-24-5-2-3-6-25(24)91-26(87)12-9-18-7-10-22-20(15-18)21-16-19(17-90)8-11-23(21)88(22)13-4-14-89-85-81-74-67-55-47-38-29-27-28-30-33(29)42-49(47)57-58-50(42)48-39(30)41-37-32(28)35-34-31(27)36-40(38)53(55)61-59-45(36)43(34)51-52-44(35)46(37)60-62-54(41)56(48)68-70(58)79(78(81)69(57)67)82-75(68)73(62)77-66(60)64(52)71-63(51)65(59)76(72(61)74)83(85)80(71)84(77)86(82)89/h2-3,5-12,15-17H,4,13-14H2,1H3/q+1. The Balaban J connectivity index is 0.777. The number of para-hydroxylation sites is 1. The average molecular weight is 1150 g/mol. The number of fused-ring (bicyclic) bond motifs is 9. The molecule has 0 spiro atoms. The second-order valence-corrected chi connectivity index (χ2v) is 31.6. The van der Waals surface area contributed by atoms with E-state index in [0.29, 0.717) is 0 Å². The highest BCUT2D eigenvalue weighted by Crippen LogP contribution is 2.80. The summed E-state index contributed by atoms with van der Waals surface area (Å²) >= 11 is 1.83. The van der Waals surface area contributed by atoms with Gasteiger partial charge in [-0.3, -0.25) is 4.79 Å². The zero-order chi connectivity index (χ0) is 55.6. The summed E-state index contributed by atoms with van der Waals surface area (Å²) in [5.41, 5.74) is 8.63. The monoisotopic (exact) mass is 1140 g/mol. The molecule has 5 heteroatoms. The first kappa shape index (κ1) is 37.6. The van der Waals surface area contributed by atoms with Crippen LogP contribution in [-0.2, 0) is 20.1 Å². The Kier molecular flexibility index (Phi) is 4.00. The van der Waals surface area contributed by atoms with Crippen molar-refractivity contribution < 1.29 is 9.36 Å². The number of rotatable bonds is 7. The fourth-order valence-corrected chi connectivity index (χ4v) is 28.3. The third-order valence-electron chi connectivity index (χ3n) is 28.7. The van der Waals surface area contributed by atoms with Gasteiger partial charge < -0.3 is 9.13 Å². The highest BCUT2D eigenvalue weighted by molar-refractivity contribution is 7.19. The molecule has 0 unspecified atom stereocenters. The normalized spacial score (nSPS) is 16.1. The predicted molar refractivity (Wildman–Crippen MR) is 389 cm³/mol. The number of hydrogen-bond donors (Lipinski definition) is 0. The van der Waals surface area contributed by atoms with Gasteiger partial charge in [0.05, 0.1) is 11.0 Å². The quantitative estimate of drug-likeness (QED) is 0.0677. The second-order valence-electron chi connectivity index (χ2n) is 30.6. The Labute approximate surface area is 503 Å². The van der Waals surface area contributed by atoms with Crippen molar-refractivity contribution in [2.75, 3.05) is 0 Å². The minimum absolute atomic E-state index is 0.722. The Hall–Kier alpha value is -11.2. The minimum Gasteiger partial charge on any atom is -0.340 e. The highest BCUT2D eigenvalue weighted by Gasteiger charge is 2.51. The van der Waals surface area contributed by atoms with Crippen LogP contribution in [0.15, 0.2) is 60.7 Å². The predicted octanol–water partition coefficient (Wildman–Crippen LogP) is 23.3. The molecule has 0 saturated carbocycles. The topological polar surface area (TPSA) is 30.8 Å². The highest BCUT2D eigenvalue weighted by atomic mass is 32.1. The smallest absolute Gasteiger partial charge is 0.262 e. The largest absolute Gasteiger partial charge is 0.340 e. The molecule has 0 amide bonds. The molecule has 0 aliphatic rings. The molecule has 0 aliphatic heterocycles. The van der Waals surface area contributed by atoms with Gasteiger partial charge in [-0.1, -0.05) is 29.5 Å². The van der Waals surface area contributed by atoms with Crippen LogP contribution in [0.3, 0.4) is 0 Å². The number of aryl methyl sites for hydroxylation is 3. The molecule has 4 nitrogen and oxygen atoms in total. The van der Waals surface area contributed by atoms with Crippen LogP contribution < -0.4 is 4.57 Å². The lowest BCUT2D eigenvalue weighted by Gasteiger charge is -2.25. The second kappa shape index (κ2) is 9.68. The zero-order valence-electron chi connectivity index (χ0n) is 47.3. The van der Waals surface area contributed by atoms with Crippen molar-refractivity contribution in [3.8, 4) is 0 Å². The van der Waals surface area contributed by atoms with E-state index in [9.17, 15) is 4.79 Å². The first-order valence-electron chi connectivity index (χ1n) is 33.1. The number of aromatic nitrogens is 3. The van der Waals surface area contributed by atoms with Gasteiger partial charge in [-0.15, -0.1) is 0 Å². The Bertz CT molecular complexity index is 8960. The third-order valence-corrected chi connectivity index (χ3v) is 29.9. The molecule has 0 aliphatic carbocycles. The van der Waals surface area contributed by atoms with Crippen LogP contribution in [0.25, 0.3) is 368 Å². The van der Waals surface area contributed by atoms with E-state index in [1.54, 1.807) is 312 Å². The molecule has 91 heavy (non-hydrogen) atoms. The minimum atomic E-state index is 0.722. The molecule has 3 aromatic heterocycles. The van der Waals surface area contributed by atoms with Gasteiger partial charge in [0.1, 0.15) is 18.0 Å². The fraction of sp³-hybridized carbons (Fsp3) is 0.0465. The number of aldehydes is 1. The molecular weight excluding hydrogens is 1120 g/mol. The molecule has 36 aromatic rings. The maximum absolute atomic E-state index is 12.7. The van der Waals surface area contributed by atoms with E-state index >= 15 is 0 Å². The fourth-order valence-electron chi connectivity index (χ4n) is 27.2. The van der Waals surface area contributed by atoms with Crippen molar-refractivity contribution in [2.45, 2.75) is 19.5 Å². The van der Waals surface area contributed by atoms with E-state index in [2.05, 4.69) is 87.5 Å². The van der Waals surface area contributed by atoms with Gasteiger partial charge in [-0.2, -0.15) is 4.57 Å². The summed E-state index contributed by atoms with van der Waals surface area (Å²) < 4.78 is 9.24. The van der Waals surface area contributed by atoms with Gasteiger partial charge in [0.25, 0.3) is 5.01 Å². The van der Waals surface area contributed by atoms with Gasteiger partial charge in [0.2, 0.25) is 5.52 Å². The molecule has 392 valence electrons. The van der Waals surface area contributed by atoms with Gasteiger partial charge in [-0.25, -0.2) is 0 Å². The average Bonchev–Trinajstić information content (AvgIpc) is 1.40. The first-order chi connectivity index (χ1) is 45.2. The zero-order valence-corrected chi connectivity index (χ0v) is 48.1. The number of carbonyl (C=O) groups is 1. The summed E-state index contributed by atoms with van der Waals surface area (Å²) in [5, 5.41) is 97.4. The van der Waals surface area contributed by atoms with Gasteiger partial charge in [-0.05, 0) is 54.5 Å². The number of pyridine rings is 1. The molecule has 0 saturated heterocycles. The molecule has 33 aromatic carbocycles. The van der Waals surface area contributed by atoms with Crippen LogP contribution in [-0.4, -0.2) is 15.4 Å². The van der Waals surface area contributed by atoms with Crippen LogP contribution in [0.4, 0.5) is 0 Å². The molecule has 0 bridgehead atoms. The van der Waals surface area contributed by atoms with Crippen molar-refractivity contribution in [1.29, 1.82) is 0 Å². The van der Waals surface area contributed by atoms with Crippen molar-refractivity contribution >= 4 is 385 Å². The van der Waals surface area contributed by atoms with E-state index in [1.807, 2.05) is 17.4 Å². The number of hydrogen-bond acceptors (Lipinski definition) is 2. The molecule has 0 atom stereocenters. The summed E-state index contributed by atoms with van der Waals surface area (Å²) in [6, 6.07) is 22.1. The van der Waals surface area contributed by atoms with Crippen LogP contribution in [0.1, 0.15) is 27.3 Å². The maximum Gasteiger partial charge on any atom is 0.262 e. The van der Waals surface area contributed by atoms with Crippen LogP contribution >= 0.6 is 11.3 Å². The summed E-state index contributed by atoms with van der Waals surface area (Å²) in [5.74, 6) is 0. The van der Waals surface area contributed by atoms with Crippen molar-refractivity contribution in [3.63, 3.8) is 0 Å². The van der Waals surface area contributed by atoms with Gasteiger partial charge in [0, 0.05) is 365 Å². The Morgan fingerprint density at radius 1 is 0.319 bits per heavy atom. The lowest BCUT2D eigenvalue weighted by atomic mass is 9.84. The van der Waals surface area contributed by atoms with Crippen molar-refractivity contribution in [3.05, 3.63) is 76.8 Å². The number of benzene rings is 22. The molecule has 0 fully saturated rings. The summed E-state index contributed by atoms with van der Waals surface area (Å²) in [4.78, 5) is 12.7. The Morgan fingerprint density at radius 2 is 0.593 bits per heavy atom. The van der Waals surface area contributed by atoms with E-state index < -0.39 is 0 Å². The van der Waals surface area contributed by atoms with Crippen molar-refractivity contribution in [2.24, 2.45) is 7.05 Å². The summed E-state index contributed by atoms with van der Waals surface area (Å²) in [6.45, 7) is 1.74. The molecule has 0 radical (unpaired) electrons. The van der Waals surface area contributed by atoms with Crippen LogP contribution in [0.2, 0.25) is 0 Å². The maximum atomic E-state index is 12.7. The van der Waals surface area contributed by atoms with Gasteiger partial charge >= 0.3 is 0 Å². The SMILES string of the molecule is C[n+]1c(/C=C/c2ccc3c(c2)c2cc(C=O)ccc2n3CCCn2c3c4c5c6c7c8c9c%10c%11c%12c%13c%10c%10c8c8c%14c%10c%10c%13c%13c%15c%12c%12c%16c%11c%11c9c7c7c9c%11c%16c%11c%16c%12c%15c%12c%15c%13c%10c%10c%14c(c4c86)c4c%10c%15c6c%12c%16c8c%11c9c(c75)c3c8c6c42)sc2ccccc21. The summed E-state index contributed by atoms with van der Waals surface area (Å²) in [7, 11) is 2.17. The molecule has 0 N–H and O–H groups in total. The van der Waals surface area contributed by atoms with E-state index in [0.717, 1.165) is 42.3 Å². The summed E-state index contributed by atoms with van der Waals surface area (Å²) in [6.07, 6.45) is 6.52. The first-order valence-corrected chi connectivity index (χ1v) is 33.9. The van der Waals surface area contributed by atoms with E-state index in [-0.39, 0.29) is 0 Å². The van der Waals surface area contributed by atoms with Crippen LogP contribution in [0, 0.1) is 0 Å². The number of carbonyl (C=O) groups excluding carboxylic acids is 1. The third kappa shape index (κ3) is 2.55. The van der Waals surface area contributed by atoms with E-state index in [1.165, 1.54) is 42.7 Å². The van der Waals surface area contributed by atoms with E-state index in [4.69, 9.17) is 0 Å². The van der Waals surface area contributed by atoms with Crippen LogP contribution in [0.5, 0.6) is 0 Å². The van der Waals surface area contributed by atoms with Gasteiger partial charge in [0.15, 0.2) is 0 Å². The Morgan fingerprint density at radius 3 is 0.912 bits per heavy atom.